The van der Waals surface area contributed by atoms with Crippen molar-refractivity contribution >= 4 is 58.2 Å². The number of likely N-dealkylation sites (N-methyl/N-ethyl adjacent to an activating group) is 1. The molecular weight excluding hydrogens is 1120 g/mol. The Morgan fingerprint density at radius 3 is 2.22 bits per heavy atom. The van der Waals surface area contributed by atoms with Gasteiger partial charge in [-0.15, -0.1) is 11.3 Å². The SMILES string of the molecule is Cc1ncsc1-c1ccc(C(CC(=O)NCCCC(=O)N2CCN(Cc3cccc(-c4ccc(N5CCN(C)CC5)c(NC(=O)c5c[nH]c(=O)cc5C(F)(F)F)c4)c3)CC2)NC(=O)[C@@H]2C[C@@H](O)CN2C(=O)C(NC(=O)C2(F)CC2)C(C)(C)C)cc1. The van der Waals surface area contributed by atoms with Crippen molar-refractivity contribution in [2.45, 2.75) is 109 Å². The highest BCUT2D eigenvalue weighted by atomic mass is 32.1. The number of alkyl halides is 4. The number of carbonyl (C=O) groups is 6. The van der Waals surface area contributed by atoms with Gasteiger partial charge in [0.1, 0.15) is 12.1 Å². The summed E-state index contributed by atoms with van der Waals surface area (Å²) in [5.41, 5.74) is 1.68. The number of aryl methyl sites for hydroxylation is 1. The summed E-state index contributed by atoms with van der Waals surface area (Å²) < 4.78 is 56.8. The number of rotatable bonds is 19. The van der Waals surface area contributed by atoms with Crippen LogP contribution in [0.1, 0.15) is 98.1 Å². The van der Waals surface area contributed by atoms with E-state index >= 15 is 0 Å². The molecule has 85 heavy (non-hydrogen) atoms. The predicted octanol–water partition coefficient (Wildman–Crippen LogP) is 6.28. The largest absolute Gasteiger partial charge is 0.417 e. The molecule has 6 N–H and O–H groups in total. The average Bonchev–Trinajstić information content (AvgIpc) is 3.03. The number of anilines is 2. The zero-order chi connectivity index (χ0) is 61.0. The molecule has 19 nitrogen and oxygen atoms in total. The van der Waals surface area contributed by atoms with Crippen molar-refractivity contribution in [1.82, 2.24) is 45.5 Å². The molecule has 0 radical (unpaired) electrons. The van der Waals surface area contributed by atoms with E-state index in [0.717, 1.165) is 52.1 Å². The van der Waals surface area contributed by atoms with Crippen molar-refractivity contribution < 1.29 is 51.4 Å². The smallest absolute Gasteiger partial charge is 0.391 e. The first-order valence-electron chi connectivity index (χ1n) is 28.7. The van der Waals surface area contributed by atoms with Gasteiger partial charge >= 0.3 is 6.18 Å². The number of aliphatic hydroxyl groups is 1. The Kier molecular flexibility index (Phi) is 18.9. The Morgan fingerprint density at radius 2 is 1.56 bits per heavy atom. The minimum atomic E-state index is -4.94. The Bertz CT molecular complexity index is 3330. The van der Waals surface area contributed by atoms with E-state index in [0.29, 0.717) is 75.2 Å². The number of hydrogen-bond donors (Lipinski definition) is 6. The van der Waals surface area contributed by atoms with Gasteiger partial charge in [0.05, 0.1) is 57.1 Å². The third kappa shape index (κ3) is 15.3. The fourth-order valence-corrected chi connectivity index (χ4v) is 11.9. The number of thiazole rings is 1. The number of aliphatic hydroxyl groups excluding tert-OH is 1. The molecule has 9 rings (SSSR count). The van der Waals surface area contributed by atoms with Crippen LogP contribution in [-0.4, -0.2) is 166 Å². The van der Waals surface area contributed by atoms with Gasteiger partial charge in [-0.2, -0.15) is 13.2 Å². The van der Waals surface area contributed by atoms with Crippen LogP contribution in [0, 0.1) is 12.3 Å². The number of nitrogens with zero attached hydrogens (tertiary/aromatic N) is 6. The molecular formula is C61H73F4N11O8S. The lowest BCUT2D eigenvalue weighted by molar-refractivity contribution is -0.145. The molecule has 0 bridgehead atoms. The summed E-state index contributed by atoms with van der Waals surface area (Å²) in [6.07, 6.45) is -4.85. The van der Waals surface area contributed by atoms with Crippen molar-refractivity contribution in [3.63, 3.8) is 0 Å². The molecule has 3 saturated heterocycles. The third-order valence-electron chi connectivity index (χ3n) is 16.2. The van der Waals surface area contributed by atoms with Crippen molar-refractivity contribution in [3.8, 4) is 21.6 Å². The third-order valence-corrected chi connectivity index (χ3v) is 17.2. The van der Waals surface area contributed by atoms with E-state index in [2.05, 4.69) is 45.9 Å². The molecule has 4 fully saturated rings. The highest BCUT2D eigenvalue weighted by Gasteiger charge is 2.53. The predicted molar refractivity (Wildman–Crippen MR) is 314 cm³/mol. The lowest BCUT2D eigenvalue weighted by atomic mass is 9.85. The maximum absolute atomic E-state index is 14.8. The standard InChI is InChI=1S/C61H73F4N11O8S/c1-37-53(85-36-68-37)40-13-11-39(12-14-40)46(69-56(82)49-30-43(77)35-76(49)57(83)54(59(2,3)4)71-58(84)60(62)17-18-60)32-51(79)66-19-7-10-52(80)75-26-22-73(23-27-75)34-38-8-6-9-41(28-38)42-15-16-48(74-24-20-72(5)21-25-74)47(29-42)70-55(81)44-33-67-50(78)31-45(44)61(63,64)65/h6,8-9,11-16,28-29,31,33,36,43,46,49,54,77H,7,10,17-27,30,32,34-35H2,1-5H3,(H,66,79)(H,67,78)(H,69,82)(H,70,81)(H,71,84)/t43-,46?,49+,54?/m1/s1. The molecule has 4 atom stereocenters. The van der Waals surface area contributed by atoms with E-state index in [1.165, 1.54) is 16.2 Å². The molecule has 6 amide bonds. The number of amides is 6. The molecule has 1 saturated carbocycles. The second kappa shape index (κ2) is 26.0. The Labute approximate surface area is 494 Å². The van der Waals surface area contributed by atoms with Crippen LogP contribution in [0.25, 0.3) is 21.6 Å². The van der Waals surface area contributed by atoms with E-state index in [1.807, 2.05) is 74.6 Å². The summed E-state index contributed by atoms with van der Waals surface area (Å²) in [4.78, 5) is 111. The van der Waals surface area contributed by atoms with Crippen LogP contribution in [0.3, 0.4) is 0 Å². The summed E-state index contributed by atoms with van der Waals surface area (Å²) in [6.45, 7) is 12.6. The van der Waals surface area contributed by atoms with Gasteiger partial charge in [-0.05, 0) is 84.7 Å². The van der Waals surface area contributed by atoms with E-state index in [9.17, 15) is 56.2 Å². The van der Waals surface area contributed by atoms with Crippen LogP contribution in [0.4, 0.5) is 28.9 Å². The maximum atomic E-state index is 14.8. The molecule has 24 heteroatoms. The number of benzene rings is 3. The monoisotopic (exact) mass is 1200 g/mol. The Morgan fingerprint density at radius 1 is 0.871 bits per heavy atom. The number of nitrogens with one attached hydrogen (secondary N) is 5. The topological polar surface area (TPSA) is 233 Å². The number of pyridine rings is 1. The van der Waals surface area contributed by atoms with E-state index in [1.54, 1.807) is 37.2 Å². The first-order valence-corrected chi connectivity index (χ1v) is 29.6. The van der Waals surface area contributed by atoms with E-state index < -0.39 is 87.7 Å². The van der Waals surface area contributed by atoms with Gasteiger partial charge in [0.15, 0.2) is 5.67 Å². The summed E-state index contributed by atoms with van der Waals surface area (Å²) in [5.74, 6) is -3.60. The molecule has 4 aliphatic rings. The molecule has 2 aromatic heterocycles. The van der Waals surface area contributed by atoms with Gasteiger partial charge in [-0.3, -0.25) is 38.5 Å². The van der Waals surface area contributed by atoms with Crippen LogP contribution in [0.2, 0.25) is 0 Å². The lowest BCUT2D eigenvalue weighted by Gasteiger charge is -2.36. The second-order valence-electron chi connectivity index (χ2n) is 23.7. The highest BCUT2D eigenvalue weighted by molar-refractivity contribution is 7.13. The fraction of sp³-hybridized carbons (Fsp3) is 0.475. The number of piperazine rings is 2. The van der Waals surface area contributed by atoms with Crippen LogP contribution >= 0.6 is 11.3 Å². The van der Waals surface area contributed by atoms with Crippen molar-refractivity contribution in [3.05, 3.63) is 123 Å². The zero-order valence-electron chi connectivity index (χ0n) is 48.3. The summed E-state index contributed by atoms with van der Waals surface area (Å²) in [6, 6.07) is 17.9. The van der Waals surface area contributed by atoms with Gasteiger partial charge in [0.2, 0.25) is 29.2 Å². The number of halogens is 4. The first kappa shape index (κ1) is 62.0. The number of β-amino-alcohol motifs (C(OH)–C–C–N with tert-alkyl or cyclic N) is 1. The molecule has 5 heterocycles. The number of carbonyl (C=O) groups excluding carboxylic acids is 6. The fourth-order valence-electron chi connectivity index (χ4n) is 11.1. The molecule has 3 aromatic carbocycles. The summed E-state index contributed by atoms with van der Waals surface area (Å²) in [5, 5.41) is 22.0. The number of H-pyrrole nitrogens is 1. The molecule has 2 unspecified atom stereocenters. The quantitative estimate of drug-likeness (QED) is 0.0396. The summed E-state index contributed by atoms with van der Waals surface area (Å²) in [7, 11) is 2.00. The van der Waals surface area contributed by atoms with Gasteiger partial charge in [-0.25, -0.2) is 9.37 Å². The molecule has 1 aliphatic carbocycles. The van der Waals surface area contributed by atoms with Crippen molar-refractivity contribution in [1.29, 1.82) is 0 Å². The molecule has 454 valence electrons. The molecule has 0 spiro atoms. The molecule has 5 aromatic rings. The minimum Gasteiger partial charge on any atom is -0.391 e. The van der Waals surface area contributed by atoms with Gasteiger partial charge < -0.3 is 51.0 Å². The van der Waals surface area contributed by atoms with Gasteiger partial charge in [0, 0.05) is 97.1 Å². The Hall–Kier alpha value is -7.54. The van der Waals surface area contributed by atoms with Crippen LogP contribution in [-0.2, 0) is 36.7 Å². The van der Waals surface area contributed by atoms with Crippen molar-refractivity contribution in [2.75, 3.05) is 82.7 Å². The molecule has 3 aliphatic heterocycles. The maximum Gasteiger partial charge on any atom is 0.417 e. The average molecular weight is 1200 g/mol. The second-order valence-corrected chi connectivity index (χ2v) is 24.6. The number of likely N-dealkylation sites (tertiary alicyclic amines) is 1. The number of aromatic amines is 1. The van der Waals surface area contributed by atoms with Gasteiger partial charge in [-0.1, -0.05) is 69.3 Å². The lowest BCUT2D eigenvalue weighted by Crippen LogP contribution is -2.59. The van der Waals surface area contributed by atoms with Crippen LogP contribution in [0.5, 0.6) is 0 Å². The van der Waals surface area contributed by atoms with E-state index in [4.69, 9.17) is 0 Å². The van der Waals surface area contributed by atoms with Crippen LogP contribution < -0.4 is 31.7 Å². The van der Waals surface area contributed by atoms with E-state index in [-0.39, 0.29) is 51.1 Å². The minimum absolute atomic E-state index is 0.0539. The van der Waals surface area contributed by atoms with Gasteiger partial charge in [0.25, 0.3) is 11.8 Å². The first-order chi connectivity index (χ1) is 40.3. The highest BCUT2D eigenvalue weighted by Crippen LogP contribution is 2.41. The number of aromatic nitrogens is 2. The summed E-state index contributed by atoms with van der Waals surface area (Å²) >= 11 is 1.48. The number of hydrogen-bond acceptors (Lipinski definition) is 13. The normalized spacial score (nSPS) is 19.0. The Balaban J connectivity index is 0.787. The van der Waals surface area contributed by atoms with Crippen LogP contribution in [0.15, 0.2) is 89.3 Å². The van der Waals surface area contributed by atoms with Crippen molar-refractivity contribution in [2.24, 2.45) is 5.41 Å². The zero-order valence-corrected chi connectivity index (χ0v) is 49.1.